The van der Waals surface area contributed by atoms with Crippen molar-refractivity contribution in [1.82, 2.24) is 15.1 Å². The Kier molecular flexibility index (Phi) is 5.48. The fourth-order valence-electron chi connectivity index (χ4n) is 1.93. The van der Waals surface area contributed by atoms with Crippen LogP contribution in [-0.2, 0) is 6.54 Å². The van der Waals surface area contributed by atoms with Gasteiger partial charge in [-0.05, 0) is 44.3 Å². The topological polar surface area (TPSA) is 29.9 Å². The van der Waals surface area contributed by atoms with Crippen LogP contribution in [0.5, 0.6) is 0 Å². The Morgan fingerprint density at radius 3 is 2.68 bits per heavy atom. The summed E-state index contributed by atoms with van der Waals surface area (Å²) in [6.45, 7) is 3.02. The molecule has 0 radical (unpaired) electrons. The van der Waals surface area contributed by atoms with E-state index >= 15 is 0 Å². The van der Waals surface area contributed by atoms with Crippen LogP contribution in [0.15, 0.2) is 45.9 Å². The van der Waals surface area contributed by atoms with Gasteiger partial charge in [-0.25, -0.2) is 0 Å². The van der Waals surface area contributed by atoms with Crippen molar-refractivity contribution in [2.45, 2.75) is 24.4 Å². The molecule has 0 spiro atoms. The molecule has 3 nitrogen and oxygen atoms in total. The smallest absolute Gasteiger partial charge is 0.0584 e. The molecule has 0 aliphatic heterocycles. The standard InChI is InChI=1S/C14H18BrN3S/c1-3-18-14(8-9-17-18)13(16-2)10-19-12-6-4-11(15)5-7-12/h4-9,13,16H,3,10H2,1-2H3. The Morgan fingerprint density at radius 2 is 2.05 bits per heavy atom. The van der Waals surface area contributed by atoms with Crippen LogP contribution in [0, 0.1) is 0 Å². The quantitative estimate of drug-likeness (QED) is 0.813. The van der Waals surface area contributed by atoms with E-state index in [2.05, 4.69) is 63.6 Å². The van der Waals surface area contributed by atoms with Gasteiger partial charge in [-0.15, -0.1) is 11.8 Å². The van der Waals surface area contributed by atoms with Crippen molar-refractivity contribution >= 4 is 27.7 Å². The first-order valence-corrected chi connectivity index (χ1v) is 8.09. The van der Waals surface area contributed by atoms with Crippen LogP contribution in [-0.4, -0.2) is 22.6 Å². The first kappa shape index (κ1) is 14.6. The summed E-state index contributed by atoms with van der Waals surface area (Å²) in [5, 5.41) is 7.70. The number of aromatic nitrogens is 2. The molecule has 0 aliphatic carbocycles. The van der Waals surface area contributed by atoms with E-state index in [-0.39, 0.29) is 0 Å². The largest absolute Gasteiger partial charge is 0.311 e. The van der Waals surface area contributed by atoms with E-state index in [9.17, 15) is 0 Å². The molecule has 1 N–H and O–H groups in total. The SMILES string of the molecule is CCn1nccc1C(CSc1ccc(Br)cc1)NC. The molecule has 2 aromatic rings. The average Bonchev–Trinajstić information content (AvgIpc) is 2.90. The zero-order chi connectivity index (χ0) is 13.7. The number of thioether (sulfide) groups is 1. The number of benzene rings is 1. The zero-order valence-electron chi connectivity index (χ0n) is 11.1. The minimum Gasteiger partial charge on any atom is -0.311 e. The van der Waals surface area contributed by atoms with Crippen molar-refractivity contribution in [3.8, 4) is 0 Å². The van der Waals surface area contributed by atoms with E-state index in [4.69, 9.17) is 0 Å². The number of nitrogens with one attached hydrogen (secondary N) is 1. The predicted octanol–water partition coefficient (Wildman–Crippen LogP) is 3.72. The minimum absolute atomic E-state index is 0.316. The number of aryl methyl sites for hydroxylation is 1. The second-order valence-corrected chi connectivity index (χ2v) is 6.19. The lowest BCUT2D eigenvalue weighted by Crippen LogP contribution is -2.22. The van der Waals surface area contributed by atoms with Crippen LogP contribution in [0.2, 0.25) is 0 Å². The van der Waals surface area contributed by atoms with Crippen LogP contribution < -0.4 is 5.32 Å². The summed E-state index contributed by atoms with van der Waals surface area (Å²) < 4.78 is 3.16. The molecule has 102 valence electrons. The molecule has 5 heteroatoms. The predicted molar refractivity (Wildman–Crippen MR) is 84.6 cm³/mol. The maximum atomic E-state index is 4.33. The Hall–Kier alpha value is -0.780. The van der Waals surface area contributed by atoms with Gasteiger partial charge in [-0.2, -0.15) is 5.10 Å². The van der Waals surface area contributed by atoms with Crippen LogP contribution in [0.25, 0.3) is 0 Å². The molecule has 19 heavy (non-hydrogen) atoms. The molecule has 1 atom stereocenters. The van der Waals surface area contributed by atoms with E-state index in [1.54, 1.807) is 0 Å². The Morgan fingerprint density at radius 1 is 1.32 bits per heavy atom. The van der Waals surface area contributed by atoms with Gasteiger partial charge in [0, 0.05) is 27.9 Å². The Balaban J connectivity index is 2.02. The molecular formula is C14H18BrN3S. The maximum absolute atomic E-state index is 4.33. The van der Waals surface area contributed by atoms with E-state index in [0.29, 0.717) is 6.04 Å². The van der Waals surface area contributed by atoms with E-state index in [0.717, 1.165) is 16.8 Å². The molecule has 1 unspecified atom stereocenters. The third kappa shape index (κ3) is 3.84. The Bertz CT molecular complexity index is 510. The fourth-order valence-corrected chi connectivity index (χ4v) is 3.22. The summed E-state index contributed by atoms with van der Waals surface area (Å²) in [5.74, 6) is 0.990. The van der Waals surface area contributed by atoms with E-state index in [1.807, 2.05) is 29.7 Å². The first-order chi connectivity index (χ1) is 9.24. The summed E-state index contributed by atoms with van der Waals surface area (Å²) in [7, 11) is 2.00. The number of nitrogens with zero attached hydrogens (tertiary/aromatic N) is 2. The molecule has 0 amide bonds. The van der Waals surface area contributed by atoms with Gasteiger partial charge in [0.15, 0.2) is 0 Å². The van der Waals surface area contributed by atoms with Crippen molar-refractivity contribution in [1.29, 1.82) is 0 Å². The molecule has 0 aliphatic rings. The van der Waals surface area contributed by atoms with E-state index in [1.165, 1.54) is 10.6 Å². The normalized spacial score (nSPS) is 12.6. The van der Waals surface area contributed by atoms with E-state index < -0.39 is 0 Å². The highest BCUT2D eigenvalue weighted by molar-refractivity contribution is 9.10. The van der Waals surface area contributed by atoms with Crippen molar-refractivity contribution in [2.24, 2.45) is 0 Å². The zero-order valence-corrected chi connectivity index (χ0v) is 13.5. The molecule has 1 heterocycles. The molecule has 1 aromatic carbocycles. The summed E-state index contributed by atoms with van der Waals surface area (Å²) in [5.41, 5.74) is 1.25. The lowest BCUT2D eigenvalue weighted by molar-refractivity contribution is 0.549. The van der Waals surface area contributed by atoms with Gasteiger partial charge in [0.2, 0.25) is 0 Å². The average molecular weight is 340 g/mol. The van der Waals surface area contributed by atoms with Gasteiger partial charge in [0.05, 0.1) is 11.7 Å². The van der Waals surface area contributed by atoms with Crippen LogP contribution in [0.4, 0.5) is 0 Å². The highest BCUT2D eigenvalue weighted by Crippen LogP contribution is 2.25. The third-order valence-electron chi connectivity index (χ3n) is 2.98. The van der Waals surface area contributed by atoms with Crippen molar-refractivity contribution in [2.75, 3.05) is 12.8 Å². The third-order valence-corrected chi connectivity index (χ3v) is 4.62. The summed E-state index contributed by atoms with van der Waals surface area (Å²) in [6, 6.07) is 10.8. The molecule has 0 bridgehead atoms. The first-order valence-electron chi connectivity index (χ1n) is 6.32. The molecule has 0 fully saturated rings. The second kappa shape index (κ2) is 7.12. The van der Waals surface area contributed by atoms with Gasteiger partial charge in [0.1, 0.15) is 0 Å². The van der Waals surface area contributed by atoms with Gasteiger partial charge in [-0.1, -0.05) is 15.9 Å². The maximum Gasteiger partial charge on any atom is 0.0584 e. The Labute approximate surface area is 126 Å². The van der Waals surface area contributed by atoms with Gasteiger partial charge < -0.3 is 5.32 Å². The monoisotopic (exact) mass is 339 g/mol. The molecule has 1 aromatic heterocycles. The number of hydrogen-bond donors (Lipinski definition) is 1. The van der Waals surface area contributed by atoms with Crippen LogP contribution >= 0.6 is 27.7 Å². The summed E-state index contributed by atoms with van der Waals surface area (Å²) in [4.78, 5) is 1.28. The van der Waals surface area contributed by atoms with Gasteiger partial charge >= 0.3 is 0 Å². The second-order valence-electron chi connectivity index (χ2n) is 4.18. The fraction of sp³-hybridized carbons (Fsp3) is 0.357. The number of hydrogen-bond acceptors (Lipinski definition) is 3. The molecule has 0 saturated carbocycles. The number of halogens is 1. The van der Waals surface area contributed by atoms with Crippen molar-refractivity contribution < 1.29 is 0 Å². The highest BCUT2D eigenvalue weighted by Gasteiger charge is 2.14. The van der Waals surface area contributed by atoms with Crippen molar-refractivity contribution in [3.63, 3.8) is 0 Å². The van der Waals surface area contributed by atoms with Crippen LogP contribution in [0.3, 0.4) is 0 Å². The lowest BCUT2D eigenvalue weighted by atomic mass is 10.2. The van der Waals surface area contributed by atoms with Crippen LogP contribution in [0.1, 0.15) is 18.7 Å². The lowest BCUT2D eigenvalue weighted by Gasteiger charge is -2.17. The molecule has 0 saturated heterocycles. The summed E-state index contributed by atoms with van der Waals surface area (Å²) in [6.07, 6.45) is 1.87. The minimum atomic E-state index is 0.316. The molecule has 2 rings (SSSR count). The molecular weight excluding hydrogens is 322 g/mol. The number of rotatable bonds is 6. The van der Waals surface area contributed by atoms with Crippen molar-refractivity contribution in [3.05, 3.63) is 46.7 Å². The van der Waals surface area contributed by atoms with Gasteiger partial charge in [-0.3, -0.25) is 4.68 Å². The summed E-state index contributed by atoms with van der Waals surface area (Å²) >= 11 is 5.31. The highest BCUT2D eigenvalue weighted by atomic mass is 79.9. The van der Waals surface area contributed by atoms with Gasteiger partial charge in [0.25, 0.3) is 0 Å².